The Hall–Kier alpha value is -1.85. The van der Waals surface area contributed by atoms with Crippen molar-refractivity contribution in [1.82, 2.24) is 15.3 Å². The van der Waals surface area contributed by atoms with Gasteiger partial charge < -0.3 is 16.0 Å². The highest BCUT2D eigenvalue weighted by Crippen LogP contribution is 2.24. The van der Waals surface area contributed by atoms with Gasteiger partial charge in [-0.25, -0.2) is 9.97 Å². The fraction of sp³-hybridized carbons (Fsp3) is 0.667. The summed E-state index contributed by atoms with van der Waals surface area (Å²) in [4.78, 5) is 22.1. The Labute approximate surface area is 126 Å². The van der Waals surface area contributed by atoms with Crippen LogP contribution in [0, 0.1) is 5.92 Å². The molecule has 6 heteroatoms. The minimum Gasteiger partial charge on any atom is -0.384 e. The first kappa shape index (κ1) is 15.5. The lowest BCUT2D eigenvalue weighted by Crippen LogP contribution is -2.38. The zero-order valence-corrected chi connectivity index (χ0v) is 13.1. The van der Waals surface area contributed by atoms with E-state index in [1.807, 2.05) is 6.07 Å². The third-order valence-electron chi connectivity index (χ3n) is 3.84. The summed E-state index contributed by atoms with van der Waals surface area (Å²) in [6.07, 6.45) is 2.11. The molecule has 1 aliphatic rings. The summed E-state index contributed by atoms with van der Waals surface area (Å²) in [5.74, 6) is 3.11. The van der Waals surface area contributed by atoms with Crippen LogP contribution in [0.5, 0.6) is 0 Å². The van der Waals surface area contributed by atoms with Gasteiger partial charge in [-0.2, -0.15) is 0 Å². The number of nitrogens with zero attached hydrogens (tertiary/aromatic N) is 3. The lowest BCUT2D eigenvalue weighted by molar-refractivity contribution is -0.119. The molecule has 0 radical (unpaired) electrons. The van der Waals surface area contributed by atoms with Crippen LogP contribution in [-0.4, -0.2) is 35.5 Å². The average Bonchev–Trinajstić information content (AvgIpc) is 2.45. The van der Waals surface area contributed by atoms with E-state index in [1.165, 1.54) is 0 Å². The molecule has 0 spiro atoms. The van der Waals surface area contributed by atoms with E-state index >= 15 is 0 Å². The molecule has 0 aliphatic carbocycles. The predicted octanol–water partition coefficient (Wildman–Crippen LogP) is 1.53. The number of aromatic nitrogens is 2. The summed E-state index contributed by atoms with van der Waals surface area (Å²) in [5, 5.41) is 2.90. The normalized spacial score (nSPS) is 16.3. The largest absolute Gasteiger partial charge is 0.384 e. The number of anilines is 2. The molecule has 2 rings (SSSR count). The number of amides is 1. The van der Waals surface area contributed by atoms with Gasteiger partial charge in [0.15, 0.2) is 0 Å². The van der Waals surface area contributed by atoms with E-state index in [1.54, 1.807) is 6.92 Å². The van der Waals surface area contributed by atoms with E-state index in [0.29, 0.717) is 11.7 Å². The van der Waals surface area contributed by atoms with Crippen LogP contribution < -0.4 is 16.0 Å². The Morgan fingerprint density at radius 1 is 1.43 bits per heavy atom. The summed E-state index contributed by atoms with van der Waals surface area (Å²) in [6.45, 7) is 8.35. The van der Waals surface area contributed by atoms with E-state index in [9.17, 15) is 4.79 Å². The van der Waals surface area contributed by atoms with Crippen molar-refractivity contribution in [2.75, 3.05) is 30.3 Å². The molecule has 1 aliphatic heterocycles. The van der Waals surface area contributed by atoms with Crippen molar-refractivity contribution in [2.45, 2.75) is 39.5 Å². The Bertz CT molecular complexity index is 495. The Morgan fingerprint density at radius 3 is 2.67 bits per heavy atom. The van der Waals surface area contributed by atoms with Gasteiger partial charge in [0.2, 0.25) is 5.91 Å². The third kappa shape index (κ3) is 4.31. The Kier molecular flexibility index (Phi) is 4.98. The van der Waals surface area contributed by atoms with Crippen molar-refractivity contribution < 1.29 is 4.79 Å². The smallest absolute Gasteiger partial charge is 0.216 e. The fourth-order valence-corrected chi connectivity index (χ4v) is 2.55. The molecule has 0 unspecified atom stereocenters. The van der Waals surface area contributed by atoms with Crippen LogP contribution in [0.15, 0.2) is 6.07 Å². The van der Waals surface area contributed by atoms with Crippen molar-refractivity contribution >= 4 is 17.5 Å². The topological polar surface area (TPSA) is 84.1 Å². The van der Waals surface area contributed by atoms with Crippen LogP contribution in [0.25, 0.3) is 0 Å². The highest BCUT2D eigenvalue weighted by molar-refractivity contribution is 5.72. The van der Waals surface area contributed by atoms with Gasteiger partial charge in [-0.15, -0.1) is 0 Å². The highest BCUT2D eigenvalue weighted by Gasteiger charge is 2.21. The standard InChI is InChI=1S/C15H25N5O/c1-10(2)15-18-13(16)8-14(19-15)20-6-4-12(5-7-20)9-17-11(3)21/h8,10,12H,4-7,9H2,1-3H3,(H,17,21)(H2,16,18,19). The molecule has 1 saturated heterocycles. The molecule has 2 heterocycles. The monoisotopic (exact) mass is 291 g/mol. The molecule has 0 saturated carbocycles. The molecular formula is C15H25N5O. The summed E-state index contributed by atoms with van der Waals surface area (Å²) < 4.78 is 0. The molecule has 1 amide bonds. The van der Waals surface area contributed by atoms with Gasteiger partial charge in [-0.05, 0) is 18.8 Å². The maximum atomic E-state index is 11.0. The zero-order chi connectivity index (χ0) is 15.4. The number of hydrogen-bond donors (Lipinski definition) is 2. The van der Waals surface area contributed by atoms with E-state index in [-0.39, 0.29) is 11.8 Å². The lowest BCUT2D eigenvalue weighted by atomic mass is 9.97. The van der Waals surface area contributed by atoms with Crippen molar-refractivity contribution in [1.29, 1.82) is 0 Å². The lowest BCUT2D eigenvalue weighted by Gasteiger charge is -2.33. The van der Waals surface area contributed by atoms with E-state index < -0.39 is 0 Å². The molecule has 1 aromatic rings. The van der Waals surface area contributed by atoms with E-state index in [0.717, 1.165) is 44.1 Å². The number of rotatable bonds is 4. The molecule has 3 N–H and O–H groups in total. The van der Waals surface area contributed by atoms with Crippen LogP contribution in [-0.2, 0) is 4.79 Å². The minimum atomic E-state index is 0.0441. The quantitative estimate of drug-likeness (QED) is 0.879. The Balaban J connectivity index is 1.97. The van der Waals surface area contributed by atoms with E-state index in [2.05, 4.69) is 34.0 Å². The molecule has 6 nitrogen and oxygen atoms in total. The second-order valence-corrected chi connectivity index (χ2v) is 6.03. The van der Waals surface area contributed by atoms with Crippen LogP contribution in [0.3, 0.4) is 0 Å². The van der Waals surface area contributed by atoms with Crippen molar-refractivity contribution in [3.8, 4) is 0 Å². The molecule has 0 bridgehead atoms. The van der Waals surface area contributed by atoms with Gasteiger partial charge in [0.25, 0.3) is 0 Å². The van der Waals surface area contributed by atoms with Gasteiger partial charge in [-0.3, -0.25) is 4.79 Å². The maximum absolute atomic E-state index is 11.0. The van der Waals surface area contributed by atoms with Gasteiger partial charge in [0.05, 0.1) is 0 Å². The van der Waals surface area contributed by atoms with Crippen molar-refractivity contribution in [3.63, 3.8) is 0 Å². The first-order chi connectivity index (χ1) is 9.95. The minimum absolute atomic E-state index is 0.0441. The first-order valence-corrected chi connectivity index (χ1v) is 7.59. The zero-order valence-electron chi connectivity index (χ0n) is 13.1. The molecule has 1 aromatic heterocycles. The molecule has 116 valence electrons. The summed E-state index contributed by atoms with van der Waals surface area (Å²) in [5.41, 5.74) is 5.89. The number of carbonyl (C=O) groups is 1. The molecular weight excluding hydrogens is 266 g/mol. The van der Waals surface area contributed by atoms with Gasteiger partial charge in [0, 0.05) is 38.5 Å². The number of nitrogen functional groups attached to an aromatic ring is 1. The van der Waals surface area contributed by atoms with Crippen LogP contribution >= 0.6 is 0 Å². The SMILES string of the molecule is CC(=O)NCC1CCN(c2cc(N)nc(C(C)C)n2)CC1. The van der Waals surface area contributed by atoms with Crippen molar-refractivity contribution in [3.05, 3.63) is 11.9 Å². The summed E-state index contributed by atoms with van der Waals surface area (Å²) >= 11 is 0. The van der Waals surface area contributed by atoms with Crippen LogP contribution in [0.2, 0.25) is 0 Å². The van der Waals surface area contributed by atoms with Crippen LogP contribution in [0.1, 0.15) is 45.4 Å². The molecule has 0 aromatic carbocycles. The Morgan fingerprint density at radius 2 is 2.10 bits per heavy atom. The molecule has 0 atom stereocenters. The average molecular weight is 291 g/mol. The number of hydrogen-bond acceptors (Lipinski definition) is 5. The number of carbonyl (C=O) groups excluding carboxylic acids is 1. The van der Waals surface area contributed by atoms with Gasteiger partial charge in [0.1, 0.15) is 17.5 Å². The van der Waals surface area contributed by atoms with E-state index in [4.69, 9.17) is 5.73 Å². The second-order valence-electron chi connectivity index (χ2n) is 6.03. The van der Waals surface area contributed by atoms with Gasteiger partial charge >= 0.3 is 0 Å². The number of piperidine rings is 1. The number of nitrogens with two attached hydrogens (primary N) is 1. The summed E-state index contributed by atoms with van der Waals surface area (Å²) in [6, 6.07) is 1.85. The highest BCUT2D eigenvalue weighted by atomic mass is 16.1. The van der Waals surface area contributed by atoms with Gasteiger partial charge in [-0.1, -0.05) is 13.8 Å². The molecule has 1 fully saturated rings. The fourth-order valence-electron chi connectivity index (χ4n) is 2.55. The summed E-state index contributed by atoms with van der Waals surface area (Å²) in [7, 11) is 0. The molecule has 21 heavy (non-hydrogen) atoms. The number of nitrogens with one attached hydrogen (secondary N) is 1. The van der Waals surface area contributed by atoms with Crippen molar-refractivity contribution in [2.24, 2.45) is 5.92 Å². The third-order valence-corrected chi connectivity index (χ3v) is 3.84. The second kappa shape index (κ2) is 6.74. The predicted molar refractivity (Wildman–Crippen MR) is 84.2 cm³/mol. The maximum Gasteiger partial charge on any atom is 0.216 e. The van der Waals surface area contributed by atoms with Crippen LogP contribution in [0.4, 0.5) is 11.6 Å². The first-order valence-electron chi connectivity index (χ1n) is 7.59.